The molecular formula is C10H9BrO2. The highest BCUT2D eigenvalue weighted by atomic mass is 79.9. The van der Waals surface area contributed by atoms with Crippen molar-refractivity contribution in [1.82, 2.24) is 0 Å². The molecule has 13 heavy (non-hydrogen) atoms. The van der Waals surface area contributed by atoms with Crippen LogP contribution < -0.4 is 0 Å². The summed E-state index contributed by atoms with van der Waals surface area (Å²) in [5.41, 5.74) is 3.53. The van der Waals surface area contributed by atoms with Crippen molar-refractivity contribution in [2.45, 2.75) is 19.3 Å². The van der Waals surface area contributed by atoms with Gasteiger partial charge < -0.3 is 5.11 Å². The van der Waals surface area contributed by atoms with Gasteiger partial charge in [-0.05, 0) is 35.6 Å². The Balaban J connectivity index is 2.33. The Morgan fingerprint density at radius 1 is 1.46 bits per heavy atom. The standard InChI is InChI=1S/C10H9BrO2/c11-9-4-6(5-10(12)13)3-7-1-2-8(7)9/h3-4H,1-2,5H2,(H,12,13). The zero-order valence-corrected chi connectivity index (χ0v) is 8.60. The minimum absolute atomic E-state index is 0.117. The number of hydrogen-bond donors (Lipinski definition) is 1. The van der Waals surface area contributed by atoms with Gasteiger partial charge in [0, 0.05) is 4.47 Å². The first kappa shape index (κ1) is 8.75. The molecule has 0 atom stereocenters. The summed E-state index contributed by atoms with van der Waals surface area (Å²) in [5, 5.41) is 8.62. The molecule has 1 aliphatic rings. The zero-order chi connectivity index (χ0) is 9.42. The molecule has 68 valence electrons. The summed E-state index contributed by atoms with van der Waals surface area (Å²) >= 11 is 3.45. The van der Waals surface area contributed by atoms with Crippen molar-refractivity contribution in [2.24, 2.45) is 0 Å². The van der Waals surface area contributed by atoms with Gasteiger partial charge in [0.25, 0.3) is 0 Å². The molecule has 0 spiro atoms. The van der Waals surface area contributed by atoms with Crippen LogP contribution in [0.2, 0.25) is 0 Å². The van der Waals surface area contributed by atoms with E-state index in [0.717, 1.165) is 22.9 Å². The predicted octanol–water partition coefficient (Wildman–Crippen LogP) is 2.17. The minimum Gasteiger partial charge on any atom is -0.481 e. The maximum Gasteiger partial charge on any atom is 0.307 e. The molecule has 0 saturated heterocycles. The first-order chi connectivity index (χ1) is 6.16. The number of benzene rings is 1. The molecule has 1 aliphatic carbocycles. The van der Waals surface area contributed by atoms with E-state index in [1.54, 1.807) is 0 Å². The predicted molar refractivity (Wildman–Crippen MR) is 52.9 cm³/mol. The Hall–Kier alpha value is -0.830. The largest absolute Gasteiger partial charge is 0.481 e. The normalized spacial score (nSPS) is 13.3. The van der Waals surface area contributed by atoms with Crippen LogP contribution >= 0.6 is 15.9 Å². The third-order valence-corrected chi connectivity index (χ3v) is 3.05. The molecule has 1 aromatic rings. The number of carboxylic acids is 1. The summed E-state index contributed by atoms with van der Waals surface area (Å²) in [4.78, 5) is 10.5. The van der Waals surface area contributed by atoms with Crippen LogP contribution in [-0.4, -0.2) is 11.1 Å². The van der Waals surface area contributed by atoms with Crippen molar-refractivity contribution in [3.05, 3.63) is 33.3 Å². The maximum atomic E-state index is 10.5. The summed E-state index contributed by atoms with van der Waals surface area (Å²) in [7, 11) is 0. The van der Waals surface area contributed by atoms with Crippen LogP contribution in [0.4, 0.5) is 0 Å². The van der Waals surface area contributed by atoms with E-state index < -0.39 is 5.97 Å². The Morgan fingerprint density at radius 3 is 2.69 bits per heavy atom. The van der Waals surface area contributed by atoms with Crippen molar-refractivity contribution in [1.29, 1.82) is 0 Å². The van der Waals surface area contributed by atoms with Crippen LogP contribution in [-0.2, 0) is 24.1 Å². The van der Waals surface area contributed by atoms with Gasteiger partial charge in [-0.2, -0.15) is 0 Å². The average molecular weight is 241 g/mol. The summed E-state index contributed by atoms with van der Waals surface area (Å²) in [6.45, 7) is 0. The van der Waals surface area contributed by atoms with Gasteiger partial charge in [-0.3, -0.25) is 4.79 Å². The van der Waals surface area contributed by atoms with E-state index in [1.807, 2.05) is 12.1 Å². The van der Waals surface area contributed by atoms with Gasteiger partial charge in [0.1, 0.15) is 0 Å². The molecular weight excluding hydrogens is 232 g/mol. The van der Waals surface area contributed by atoms with E-state index in [4.69, 9.17) is 5.11 Å². The second-order valence-corrected chi connectivity index (χ2v) is 4.14. The number of fused-ring (bicyclic) bond motifs is 1. The fourth-order valence-corrected chi connectivity index (χ4v) is 2.37. The first-order valence-corrected chi connectivity index (χ1v) is 4.98. The van der Waals surface area contributed by atoms with E-state index >= 15 is 0 Å². The van der Waals surface area contributed by atoms with Crippen molar-refractivity contribution < 1.29 is 9.90 Å². The molecule has 1 N–H and O–H groups in total. The van der Waals surface area contributed by atoms with Gasteiger partial charge in [-0.25, -0.2) is 0 Å². The summed E-state index contributed by atoms with van der Waals surface area (Å²) in [6, 6.07) is 3.91. The molecule has 0 fully saturated rings. The van der Waals surface area contributed by atoms with Gasteiger partial charge in [0.2, 0.25) is 0 Å². The van der Waals surface area contributed by atoms with Crippen molar-refractivity contribution in [3.8, 4) is 0 Å². The Morgan fingerprint density at radius 2 is 2.23 bits per heavy atom. The van der Waals surface area contributed by atoms with E-state index in [1.165, 1.54) is 11.1 Å². The van der Waals surface area contributed by atoms with Crippen LogP contribution in [0.1, 0.15) is 16.7 Å². The number of hydrogen-bond acceptors (Lipinski definition) is 1. The van der Waals surface area contributed by atoms with Crippen LogP contribution in [0.5, 0.6) is 0 Å². The second-order valence-electron chi connectivity index (χ2n) is 3.29. The maximum absolute atomic E-state index is 10.5. The lowest BCUT2D eigenvalue weighted by atomic mass is 9.87. The molecule has 0 heterocycles. The Bertz CT molecular complexity index is 354. The monoisotopic (exact) mass is 240 g/mol. The van der Waals surface area contributed by atoms with Gasteiger partial charge in [-0.15, -0.1) is 0 Å². The van der Waals surface area contributed by atoms with Crippen molar-refractivity contribution in [3.63, 3.8) is 0 Å². The van der Waals surface area contributed by atoms with E-state index in [-0.39, 0.29) is 6.42 Å². The van der Waals surface area contributed by atoms with Gasteiger partial charge in [-0.1, -0.05) is 22.0 Å². The topological polar surface area (TPSA) is 37.3 Å². The number of aryl methyl sites for hydroxylation is 1. The fourth-order valence-electron chi connectivity index (χ4n) is 1.62. The molecule has 0 saturated carbocycles. The third-order valence-electron chi connectivity index (χ3n) is 2.35. The highest BCUT2D eigenvalue weighted by Gasteiger charge is 2.17. The molecule has 1 aromatic carbocycles. The van der Waals surface area contributed by atoms with Gasteiger partial charge >= 0.3 is 5.97 Å². The van der Waals surface area contributed by atoms with Crippen LogP contribution in [0, 0.1) is 0 Å². The molecule has 0 unspecified atom stereocenters. The SMILES string of the molecule is O=C(O)Cc1cc(Br)c2c(c1)CC2. The lowest BCUT2D eigenvalue weighted by Gasteiger charge is -2.21. The number of rotatable bonds is 2. The number of carbonyl (C=O) groups is 1. The molecule has 2 nitrogen and oxygen atoms in total. The number of halogens is 1. The Kier molecular flexibility index (Phi) is 2.12. The van der Waals surface area contributed by atoms with E-state index in [0.29, 0.717) is 0 Å². The zero-order valence-electron chi connectivity index (χ0n) is 7.01. The van der Waals surface area contributed by atoms with Gasteiger partial charge in [0.15, 0.2) is 0 Å². The van der Waals surface area contributed by atoms with Crippen molar-refractivity contribution in [2.75, 3.05) is 0 Å². The molecule has 0 aromatic heterocycles. The van der Waals surface area contributed by atoms with Crippen LogP contribution in [0.3, 0.4) is 0 Å². The number of aliphatic carboxylic acids is 1. The Labute approximate surface area is 84.7 Å². The summed E-state index contributed by atoms with van der Waals surface area (Å²) < 4.78 is 1.06. The smallest absolute Gasteiger partial charge is 0.307 e. The van der Waals surface area contributed by atoms with E-state index in [2.05, 4.69) is 15.9 Å². The average Bonchev–Trinajstić information content (AvgIpc) is 1.93. The minimum atomic E-state index is -0.772. The quantitative estimate of drug-likeness (QED) is 0.861. The second kappa shape index (κ2) is 3.14. The van der Waals surface area contributed by atoms with E-state index in [9.17, 15) is 4.79 Å². The van der Waals surface area contributed by atoms with Gasteiger partial charge in [0.05, 0.1) is 6.42 Å². The highest BCUT2D eigenvalue weighted by molar-refractivity contribution is 9.10. The fraction of sp³-hybridized carbons (Fsp3) is 0.300. The lowest BCUT2D eigenvalue weighted by molar-refractivity contribution is -0.136. The molecule has 2 rings (SSSR count). The lowest BCUT2D eigenvalue weighted by Crippen LogP contribution is -2.11. The highest BCUT2D eigenvalue weighted by Crippen LogP contribution is 2.31. The van der Waals surface area contributed by atoms with Crippen LogP contribution in [0.15, 0.2) is 16.6 Å². The molecule has 0 amide bonds. The summed E-state index contributed by atoms with van der Waals surface area (Å²) in [6.07, 6.45) is 2.32. The first-order valence-electron chi connectivity index (χ1n) is 4.19. The molecule has 0 aliphatic heterocycles. The molecule has 0 bridgehead atoms. The molecule has 3 heteroatoms. The summed E-state index contributed by atoms with van der Waals surface area (Å²) in [5.74, 6) is -0.772. The van der Waals surface area contributed by atoms with Crippen molar-refractivity contribution >= 4 is 21.9 Å². The number of carboxylic acid groups (broad SMARTS) is 1. The third kappa shape index (κ3) is 1.61. The van der Waals surface area contributed by atoms with Crippen LogP contribution in [0.25, 0.3) is 0 Å². The molecule has 0 radical (unpaired) electrons.